The number of hydrogen-bond donors (Lipinski definition) is 0. The molecule has 0 bridgehead atoms. The maximum Gasteiger partial charge on any atom is 0.400 e. The molecule has 0 N–H and O–H groups in total. The van der Waals surface area contributed by atoms with Crippen LogP contribution in [0.3, 0.4) is 0 Å². The Morgan fingerprint density at radius 3 is 1.91 bits per heavy atom. The van der Waals surface area contributed by atoms with Gasteiger partial charge in [0.05, 0.1) is 24.7 Å². The lowest BCUT2D eigenvalue weighted by Crippen LogP contribution is -2.40. The minimum atomic E-state index is -3.53. The third-order valence-electron chi connectivity index (χ3n) is 10.1. The Kier molecular flexibility index (Phi) is 11.4. The van der Waals surface area contributed by atoms with Gasteiger partial charge in [-0.3, -0.25) is 0 Å². The van der Waals surface area contributed by atoms with Gasteiger partial charge in [-0.05, 0) is 99.5 Å². The van der Waals surface area contributed by atoms with Crippen LogP contribution >= 0.6 is 0 Å². The zero-order valence-corrected chi connectivity index (χ0v) is 25.7. The fourth-order valence-electron chi connectivity index (χ4n) is 7.48. The third kappa shape index (κ3) is 8.34. The Morgan fingerprint density at radius 2 is 1.36 bits per heavy atom. The van der Waals surface area contributed by atoms with Crippen molar-refractivity contribution in [1.29, 1.82) is 0 Å². The van der Waals surface area contributed by atoms with Crippen molar-refractivity contribution in [3.63, 3.8) is 0 Å². The highest BCUT2D eigenvalue weighted by Crippen LogP contribution is 2.46. The molecule has 0 radical (unpaired) electrons. The fraction of sp³-hybridized carbons (Fsp3) is 0.657. The van der Waals surface area contributed by atoms with Crippen molar-refractivity contribution in [2.24, 2.45) is 29.6 Å². The summed E-state index contributed by atoms with van der Waals surface area (Å²) in [6.07, 6.45) is 3.83. The lowest BCUT2D eigenvalue weighted by molar-refractivity contribution is -0.232. The van der Waals surface area contributed by atoms with Gasteiger partial charge in [0.15, 0.2) is 6.29 Å². The molecular formula is C35H43F7O3. The second-order valence-electron chi connectivity index (χ2n) is 13.1. The van der Waals surface area contributed by atoms with Crippen LogP contribution in [0.25, 0.3) is 11.1 Å². The van der Waals surface area contributed by atoms with Gasteiger partial charge >= 0.3 is 6.11 Å². The number of alkyl halides is 4. The topological polar surface area (TPSA) is 27.7 Å². The van der Waals surface area contributed by atoms with Crippen LogP contribution in [0.1, 0.15) is 96.0 Å². The molecule has 5 rings (SSSR count). The summed E-state index contributed by atoms with van der Waals surface area (Å²) in [7, 11) is 0. The zero-order valence-electron chi connectivity index (χ0n) is 25.7. The van der Waals surface area contributed by atoms with Gasteiger partial charge in [-0.25, -0.2) is 22.0 Å². The van der Waals surface area contributed by atoms with Gasteiger partial charge in [0.2, 0.25) is 0 Å². The van der Waals surface area contributed by atoms with E-state index in [4.69, 9.17) is 14.2 Å². The number of ether oxygens (including phenoxy) is 3. The average molecular weight is 645 g/mol. The number of rotatable bonds is 11. The minimum Gasteiger partial charge on any atom is -0.432 e. The Balaban J connectivity index is 1.08. The number of benzene rings is 2. The largest absolute Gasteiger partial charge is 0.432 e. The number of unbranched alkanes of at least 4 members (excludes halogenated alkanes) is 2. The second-order valence-corrected chi connectivity index (χ2v) is 13.1. The molecule has 45 heavy (non-hydrogen) atoms. The standard InChI is InChI=1S/C35H43F7O3/c1-2-3-4-5-21-19-43-34(44-20-21)24-8-6-22(7-9-24)23-10-12-26(13-11-23)35(41,42)45-27-14-15-28(29(36)18-27)25-16-30(37)32(33(39)40)31(38)17-25/h14-18,21-24,26,33-34H,2-13,19-20H2,1H3. The monoisotopic (exact) mass is 644 g/mol. The average Bonchev–Trinajstić information content (AvgIpc) is 3.01. The van der Waals surface area contributed by atoms with Gasteiger partial charge in [-0.15, -0.1) is 0 Å². The molecule has 0 amide bonds. The Bertz CT molecular complexity index is 1220. The first kappa shape index (κ1) is 34.0. The molecule has 3 aliphatic rings. The molecule has 2 aliphatic carbocycles. The number of halogens is 7. The van der Waals surface area contributed by atoms with Crippen LogP contribution in [-0.2, 0) is 9.47 Å². The lowest BCUT2D eigenvalue weighted by Gasteiger charge is -2.41. The summed E-state index contributed by atoms with van der Waals surface area (Å²) in [5.41, 5.74) is -2.06. The lowest BCUT2D eigenvalue weighted by atomic mass is 9.69. The van der Waals surface area contributed by atoms with Crippen molar-refractivity contribution in [1.82, 2.24) is 0 Å². The Labute approximate surface area is 260 Å². The van der Waals surface area contributed by atoms with E-state index in [2.05, 4.69) is 6.92 Å². The summed E-state index contributed by atoms with van der Waals surface area (Å²) in [6.45, 7) is 3.73. The summed E-state index contributed by atoms with van der Waals surface area (Å²) in [5.74, 6) is -3.82. The van der Waals surface area contributed by atoms with Gasteiger partial charge in [-0.2, -0.15) is 8.78 Å². The smallest absolute Gasteiger partial charge is 0.400 e. The first-order valence-electron chi connectivity index (χ1n) is 16.4. The summed E-state index contributed by atoms with van der Waals surface area (Å²) >= 11 is 0. The maximum absolute atomic E-state index is 15.2. The van der Waals surface area contributed by atoms with Crippen LogP contribution in [0.4, 0.5) is 30.7 Å². The van der Waals surface area contributed by atoms with Crippen molar-refractivity contribution < 1.29 is 44.9 Å². The van der Waals surface area contributed by atoms with E-state index in [0.717, 1.165) is 63.5 Å². The van der Waals surface area contributed by atoms with Crippen LogP contribution < -0.4 is 4.74 Å². The third-order valence-corrected chi connectivity index (χ3v) is 10.1. The molecule has 3 fully saturated rings. The Morgan fingerprint density at radius 1 is 0.778 bits per heavy atom. The predicted molar refractivity (Wildman–Crippen MR) is 157 cm³/mol. The van der Waals surface area contributed by atoms with E-state index in [1.54, 1.807) is 0 Å². The molecule has 0 unspecified atom stereocenters. The van der Waals surface area contributed by atoms with E-state index in [1.165, 1.54) is 19.3 Å². The molecule has 2 aromatic rings. The van der Waals surface area contributed by atoms with E-state index >= 15 is 8.78 Å². The van der Waals surface area contributed by atoms with Crippen molar-refractivity contribution in [2.45, 2.75) is 103 Å². The first-order valence-corrected chi connectivity index (χ1v) is 16.4. The summed E-state index contributed by atoms with van der Waals surface area (Å²) in [5, 5.41) is 0. The van der Waals surface area contributed by atoms with E-state index < -0.39 is 47.2 Å². The Hall–Kier alpha value is -2.33. The SMILES string of the molecule is CCCCCC1COC(C2CCC(C3CCC(C(F)(F)Oc4ccc(-c5cc(F)c(C(F)F)c(F)c5)c(F)c4)CC3)CC2)OC1. The molecule has 0 aromatic heterocycles. The highest BCUT2D eigenvalue weighted by Gasteiger charge is 2.45. The molecule has 2 aromatic carbocycles. The van der Waals surface area contributed by atoms with Crippen molar-refractivity contribution in [3.05, 3.63) is 53.3 Å². The number of hydrogen-bond acceptors (Lipinski definition) is 3. The van der Waals surface area contributed by atoms with Crippen molar-refractivity contribution >= 4 is 0 Å². The highest BCUT2D eigenvalue weighted by molar-refractivity contribution is 5.65. The second kappa shape index (κ2) is 15.1. The molecule has 1 heterocycles. The molecule has 0 spiro atoms. The van der Waals surface area contributed by atoms with Crippen LogP contribution in [0.2, 0.25) is 0 Å². The van der Waals surface area contributed by atoms with E-state index in [0.29, 0.717) is 61.5 Å². The van der Waals surface area contributed by atoms with Crippen molar-refractivity contribution in [3.8, 4) is 16.9 Å². The van der Waals surface area contributed by atoms with E-state index in [1.807, 2.05) is 0 Å². The molecule has 2 saturated carbocycles. The zero-order chi connectivity index (χ0) is 32.1. The van der Waals surface area contributed by atoms with Crippen LogP contribution in [-0.4, -0.2) is 25.6 Å². The molecule has 0 atom stereocenters. The summed E-state index contributed by atoms with van der Waals surface area (Å²) in [6, 6.07) is 4.02. The molecule has 3 nitrogen and oxygen atoms in total. The van der Waals surface area contributed by atoms with Crippen LogP contribution in [0.15, 0.2) is 30.3 Å². The minimum absolute atomic E-state index is 0.132. The van der Waals surface area contributed by atoms with E-state index in [9.17, 15) is 22.0 Å². The fourth-order valence-corrected chi connectivity index (χ4v) is 7.48. The van der Waals surface area contributed by atoms with Crippen molar-refractivity contribution in [2.75, 3.05) is 13.2 Å². The highest BCUT2D eigenvalue weighted by atomic mass is 19.3. The first-order chi connectivity index (χ1) is 21.6. The molecule has 10 heteroatoms. The maximum atomic E-state index is 15.2. The summed E-state index contributed by atoms with van der Waals surface area (Å²) < 4.78 is 116. The molecule has 1 saturated heterocycles. The summed E-state index contributed by atoms with van der Waals surface area (Å²) in [4.78, 5) is 0. The molecule has 1 aliphatic heterocycles. The molecule has 250 valence electrons. The van der Waals surface area contributed by atoms with Gasteiger partial charge in [-0.1, -0.05) is 26.2 Å². The van der Waals surface area contributed by atoms with Crippen LogP contribution in [0, 0.1) is 47.0 Å². The van der Waals surface area contributed by atoms with E-state index in [-0.39, 0.29) is 17.4 Å². The normalized spacial score (nSPS) is 27.9. The quantitative estimate of drug-likeness (QED) is 0.180. The van der Waals surface area contributed by atoms with Gasteiger partial charge in [0, 0.05) is 23.5 Å². The van der Waals surface area contributed by atoms with Gasteiger partial charge in [0.25, 0.3) is 6.43 Å². The van der Waals surface area contributed by atoms with Crippen LogP contribution in [0.5, 0.6) is 5.75 Å². The van der Waals surface area contributed by atoms with Gasteiger partial charge in [0.1, 0.15) is 23.2 Å². The predicted octanol–water partition coefficient (Wildman–Crippen LogP) is 10.9. The van der Waals surface area contributed by atoms with Gasteiger partial charge < -0.3 is 14.2 Å². The molecular weight excluding hydrogens is 601 g/mol.